The highest BCUT2D eigenvalue weighted by Gasteiger charge is 2.48. The molecule has 0 amide bonds. The minimum atomic E-state index is -0.601. The number of hydrogen-bond acceptors (Lipinski definition) is 3. The second-order valence-electron chi connectivity index (χ2n) is 17.4. The number of hydrogen-bond donors (Lipinski definition) is 0. The van der Waals surface area contributed by atoms with Gasteiger partial charge in [-0.3, -0.25) is 0 Å². The molecule has 2 aliphatic rings. The smallest absolute Gasteiger partial charge is 0.197 e. The van der Waals surface area contributed by atoms with E-state index in [-0.39, 0.29) is 0 Å². The first-order valence-corrected chi connectivity index (χ1v) is 22.9. The number of para-hydroxylation sites is 4. The van der Waals surface area contributed by atoms with Gasteiger partial charge in [0.15, 0.2) is 5.69 Å². The Labute approximate surface area is 397 Å². The molecule has 4 heteroatoms. The fourth-order valence-electron chi connectivity index (χ4n) is 11.4. The van der Waals surface area contributed by atoms with Gasteiger partial charge in [0.25, 0.3) is 0 Å². The Hall–Kier alpha value is -9.22. The van der Waals surface area contributed by atoms with Crippen molar-refractivity contribution in [3.8, 4) is 17.2 Å². The van der Waals surface area contributed by atoms with Crippen molar-refractivity contribution in [1.29, 1.82) is 5.26 Å². The van der Waals surface area contributed by atoms with Crippen LogP contribution in [0, 0.1) is 17.9 Å². The van der Waals surface area contributed by atoms with Crippen molar-refractivity contribution in [2.24, 2.45) is 0 Å². The van der Waals surface area contributed by atoms with Crippen LogP contribution in [0.2, 0.25) is 0 Å². The molecule has 12 rings (SSSR count). The van der Waals surface area contributed by atoms with Gasteiger partial charge in [-0.2, -0.15) is 5.26 Å². The lowest BCUT2D eigenvalue weighted by Gasteiger charge is -2.46. The Morgan fingerprint density at radius 1 is 0.353 bits per heavy atom. The van der Waals surface area contributed by atoms with E-state index < -0.39 is 10.8 Å². The molecule has 0 fully saturated rings. The monoisotopic (exact) mass is 866 g/mol. The van der Waals surface area contributed by atoms with Gasteiger partial charge in [-0.15, -0.1) is 0 Å². The van der Waals surface area contributed by atoms with Gasteiger partial charge in [0, 0.05) is 11.4 Å². The van der Waals surface area contributed by atoms with Crippen LogP contribution in [0.4, 0.5) is 39.8 Å². The average molecular weight is 867 g/mol. The Bertz CT molecular complexity index is 3190. The Balaban J connectivity index is 0.990. The van der Waals surface area contributed by atoms with Crippen LogP contribution < -0.4 is 9.80 Å². The molecule has 0 bridgehead atoms. The lowest BCUT2D eigenvalue weighted by molar-refractivity contribution is 0.731. The molecule has 0 aromatic heterocycles. The molecule has 0 radical (unpaired) electrons. The van der Waals surface area contributed by atoms with Gasteiger partial charge in [-0.25, -0.2) is 4.85 Å². The van der Waals surface area contributed by atoms with E-state index in [1.807, 2.05) is 24.3 Å². The summed E-state index contributed by atoms with van der Waals surface area (Å²) in [4.78, 5) is 8.74. The molecular weight excluding hydrogens is 825 g/mol. The summed E-state index contributed by atoms with van der Waals surface area (Å²) < 4.78 is 0. The van der Waals surface area contributed by atoms with Crippen molar-refractivity contribution in [3.63, 3.8) is 0 Å². The van der Waals surface area contributed by atoms with E-state index in [4.69, 9.17) is 6.57 Å². The van der Waals surface area contributed by atoms with E-state index >= 15 is 0 Å². The first kappa shape index (κ1) is 40.3. The van der Waals surface area contributed by atoms with Crippen LogP contribution in [0.1, 0.15) is 50.1 Å². The number of nitriles is 1. The van der Waals surface area contributed by atoms with Gasteiger partial charge >= 0.3 is 0 Å². The van der Waals surface area contributed by atoms with Crippen molar-refractivity contribution in [2.75, 3.05) is 9.80 Å². The molecule has 0 saturated carbocycles. The number of rotatable bonds is 7. The third-order valence-electron chi connectivity index (χ3n) is 14.1. The Morgan fingerprint density at radius 2 is 0.662 bits per heavy atom. The van der Waals surface area contributed by atoms with Gasteiger partial charge in [0.2, 0.25) is 0 Å². The van der Waals surface area contributed by atoms with Crippen molar-refractivity contribution < 1.29 is 0 Å². The summed E-state index contributed by atoms with van der Waals surface area (Å²) in [5.74, 6) is 0. The van der Waals surface area contributed by atoms with Crippen molar-refractivity contribution in [2.45, 2.75) is 10.8 Å². The number of anilines is 6. The topological polar surface area (TPSA) is 34.6 Å². The minimum Gasteiger partial charge on any atom is -0.311 e. The molecule has 0 N–H and O–H groups in total. The first-order chi connectivity index (χ1) is 33.7. The maximum atomic E-state index is 11.0. The Morgan fingerprint density at radius 3 is 1.00 bits per heavy atom. The average Bonchev–Trinajstić information content (AvgIpc) is 3.42. The van der Waals surface area contributed by atoms with Crippen LogP contribution >= 0.6 is 0 Å². The first-order valence-electron chi connectivity index (χ1n) is 22.9. The zero-order valence-electron chi connectivity index (χ0n) is 37.0. The summed E-state index contributed by atoms with van der Waals surface area (Å²) in [6, 6.07) is 92.3. The van der Waals surface area contributed by atoms with Gasteiger partial charge in [0.05, 0.1) is 51.8 Å². The van der Waals surface area contributed by atoms with Gasteiger partial charge in [-0.1, -0.05) is 206 Å². The molecule has 0 spiro atoms. The zero-order chi connectivity index (χ0) is 45.7. The van der Waals surface area contributed by atoms with E-state index in [9.17, 15) is 5.26 Å². The molecule has 318 valence electrons. The normalized spacial score (nSPS) is 13.7. The van der Waals surface area contributed by atoms with Crippen LogP contribution in [-0.4, -0.2) is 0 Å². The predicted molar refractivity (Wildman–Crippen MR) is 276 cm³/mol. The minimum absolute atomic E-state index is 0.467. The molecule has 2 heterocycles. The molecular formula is C64H42N4. The van der Waals surface area contributed by atoms with E-state index in [2.05, 4.69) is 251 Å². The predicted octanol–water partition coefficient (Wildman–Crippen LogP) is 16.1. The highest BCUT2D eigenvalue weighted by molar-refractivity contribution is 5.95. The summed E-state index contributed by atoms with van der Waals surface area (Å²) >= 11 is 0. The number of nitrogens with zero attached hydrogens (tertiary/aromatic N) is 4. The molecule has 0 unspecified atom stereocenters. The highest BCUT2D eigenvalue weighted by atomic mass is 15.2. The second-order valence-corrected chi connectivity index (χ2v) is 17.4. The van der Waals surface area contributed by atoms with Crippen LogP contribution in [0.25, 0.3) is 16.0 Å². The summed E-state index contributed by atoms with van der Waals surface area (Å²) in [5.41, 5.74) is 16.4. The molecule has 10 aromatic carbocycles. The third kappa shape index (κ3) is 5.92. The number of benzene rings is 10. The van der Waals surface area contributed by atoms with Crippen LogP contribution in [-0.2, 0) is 10.8 Å². The zero-order valence-corrected chi connectivity index (χ0v) is 37.0. The van der Waals surface area contributed by atoms with Gasteiger partial charge < -0.3 is 9.80 Å². The summed E-state index contributed by atoms with van der Waals surface area (Å²) in [6.07, 6.45) is 0. The lowest BCUT2D eigenvalue weighted by Crippen LogP contribution is -2.37. The van der Waals surface area contributed by atoms with E-state index in [0.29, 0.717) is 22.4 Å². The van der Waals surface area contributed by atoms with E-state index in [1.54, 1.807) is 0 Å². The summed E-state index contributed by atoms with van der Waals surface area (Å²) in [5, 5.41) is 11.0. The fraction of sp³-hybridized carbons (Fsp3) is 0.0312. The Kier molecular flexibility index (Phi) is 9.68. The third-order valence-corrected chi connectivity index (χ3v) is 14.1. The van der Waals surface area contributed by atoms with Crippen LogP contribution in [0.3, 0.4) is 0 Å². The SMILES string of the molecule is [C-]#[N+]c1cc(N2c3ccccc3C(c3ccccc3)(c3ccccc3)c3ccccc32)ccc1-c1ccc(N2c3ccccc3C(c3ccccc3)(c3ccccc3)c3ccccc32)cc1C#N. The number of fused-ring (bicyclic) bond motifs is 4. The van der Waals surface area contributed by atoms with Crippen LogP contribution in [0.15, 0.2) is 255 Å². The molecule has 10 aromatic rings. The standard InChI is InChI=1S/C64H42N4/c1-66-58-43-51(68-61-36-20-16-32-56(61)64(48-26-10-4-11-27-48,49-28-12-5-13-29-49)57-33-17-21-37-62(57)68)39-41-53(58)52-40-38-50(42-45(52)44-65)67-59-34-18-14-30-54(59)63(46-22-6-2-7-23-46,47-24-8-3-9-25-47)55-31-15-19-35-60(55)67/h2-43H. The largest absolute Gasteiger partial charge is 0.311 e. The highest BCUT2D eigenvalue weighted by Crippen LogP contribution is 2.60. The van der Waals surface area contributed by atoms with Crippen LogP contribution in [0.5, 0.6) is 0 Å². The molecule has 4 nitrogen and oxygen atoms in total. The van der Waals surface area contributed by atoms with Crippen molar-refractivity contribution in [1.82, 2.24) is 0 Å². The molecule has 2 aliphatic heterocycles. The second kappa shape index (κ2) is 16.3. The summed E-state index contributed by atoms with van der Waals surface area (Å²) in [6.45, 7) is 8.61. The maximum Gasteiger partial charge on any atom is 0.197 e. The maximum absolute atomic E-state index is 11.0. The van der Waals surface area contributed by atoms with Crippen molar-refractivity contribution >= 4 is 39.8 Å². The van der Waals surface area contributed by atoms with Crippen molar-refractivity contribution in [3.05, 3.63) is 316 Å². The summed E-state index contributed by atoms with van der Waals surface area (Å²) in [7, 11) is 0. The molecule has 0 atom stereocenters. The van der Waals surface area contributed by atoms with E-state index in [0.717, 1.165) is 56.4 Å². The van der Waals surface area contributed by atoms with Gasteiger partial charge in [-0.05, 0) is 104 Å². The van der Waals surface area contributed by atoms with Gasteiger partial charge in [0.1, 0.15) is 0 Å². The fourth-order valence-corrected chi connectivity index (χ4v) is 11.4. The molecule has 0 aliphatic carbocycles. The lowest BCUT2D eigenvalue weighted by atomic mass is 9.62. The molecule has 0 saturated heterocycles. The quantitative estimate of drug-likeness (QED) is 0.150. The molecule has 68 heavy (non-hydrogen) atoms. The van der Waals surface area contributed by atoms with E-state index in [1.165, 1.54) is 22.3 Å².